The number of hydrogen-bond acceptors (Lipinski definition) is 5. The van der Waals surface area contributed by atoms with E-state index < -0.39 is 28.9 Å². The van der Waals surface area contributed by atoms with Gasteiger partial charge >= 0.3 is 12.1 Å². The molecule has 0 N–H and O–H groups in total. The lowest BCUT2D eigenvalue weighted by Crippen LogP contribution is -2.38. The summed E-state index contributed by atoms with van der Waals surface area (Å²) < 4.78 is 9.96. The third-order valence-corrected chi connectivity index (χ3v) is 5.78. The van der Waals surface area contributed by atoms with Crippen molar-refractivity contribution in [1.29, 1.82) is 5.26 Å². The molecular formula is C21H18N2O4. The van der Waals surface area contributed by atoms with Gasteiger partial charge in [0.15, 0.2) is 5.41 Å². The number of benzene rings is 2. The molecule has 1 amide bonds. The van der Waals surface area contributed by atoms with E-state index in [-0.39, 0.29) is 0 Å². The maximum absolute atomic E-state index is 12.8. The molecule has 27 heavy (non-hydrogen) atoms. The summed E-state index contributed by atoms with van der Waals surface area (Å²) >= 11 is 0. The highest BCUT2D eigenvalue weighted by Gasteiger charge is 2.88. The first-order valence-corrected chi connectivity index (χ1v) is 8.58. The molecule has 2 aromatic rings. The average Bonchev–Trinajstić information content (AvgIpc) is 3.18. The van der Waals surface area contributed by atoms with Crippen molar-refractivity contribution in [3.8, 4) is 6.07 Å². The van der Waals surface area contributed by atoms with Crippen molar-refractivity contribution in [1.82, 2.24) is 0 Å². The van der Waals surface area contributed by atoms with E-state index in [1.165, 1.54) is 19.1 Å². The van der Waals surface area contributed by atoms with Crippen LogP contribution in [0.4, 0.5) is 10.5 Å². The Balaban J connectivity index is 1.95. The molecule has 2 aromatic carbocycles. The van der Waals surface area contributed by atoms with Gasteiger partial charge in [0.2, 0.25) is 0 Å². The van der Waals surface area contributed by atoms with Crippen molar-refractivity contribution in [2.75, 3.05) is 19.1 Å². The molecule has 1 fully saturated rings. The van der Waals surface area contributed by atoms with Gasteiger partial charge in [-0.25, -0.2) is 4.79 Å². The maximum atomic E-state index is 12.8. The molecule has 6 heteroatoms. The van der Waals surface area contributed by atoms with Crippen molar-refractivity contribution in [3.05, 3.63) is 65.7 Å². The minimum absolute atomic E-state index is 0.436. The number of carbonyl (C=O) groups excluding carboxylic acids is 2. The molecule has 0 spiro atoms. The number of nitrogens with zero attached hydrogens (tertiary/aromatic N) is 2. The van der Waals surface area contributed by atoms with E-state index in [2.05, 4.69) is 6.07 Å². The van der Waals surface area contributed by atoms with E-state index in [1.54, 1.807) is 0 Å². The van der Waals surface area contributed by atoms with Crippen molar-refractivity contribution in [3.63, 3.8) is 0 Å². The Kier molecular flexibility index (Phi) is 3.70. The minimum atomic E-state index is -1.47. The molecule has 1 saturated carbocycles. The van der Waals surface area contributed by atoms with Gasteiger partial charge in [-0.1, -0.05) is 48.5 Å². The number of hydrogen-bond donors (Lipinski definition) is 0. The highest BCUT2D eigenvalue weighted by Crippen LogP contribution is 2.74. The predicted molar refractivity (Wildman–Crippen MR) is 97.0 cm³/mol. The normalized spacial score (nSPS) is 27.1. The summed E-state index contributed by atoms with van der Waals surface area (Å²) in [5.41, 5.74) is 0.0857. The van der Waals surface area contributed by atoms with Gasteiger partial charge < -0.3 is 9.47 Å². The van der Waals surface area contributed by atoms with E-state index in [0.717, 1.165) is 11.1 Å². The quantitative estimate of drug-likeness (QED) is 0.785. The number of anilines is 1. The van der Waals surface area contributed by atoms with E-state index >= 15 is 0 Å². The third kappa shape index (κ3) is 1.94. The van der Waals surface area contributed by atoms with Crippen molar-refractivity contribution >= 4 is 17.7 Å². The lowest BCUT2D eigenvalue weighted by atomic mass is 9.81. The van der Waals surface area contributed by atoms with Gasteiger partial charge in [-0.3, -0.25) is 9.69 Å². The van der Waals surface area contributed by atoms with Gasteiger partial charge in [0.05, 0.1) is 37.4 Å². The Morgan fingerprint density at radius 2 is 1.74 bits per heavy atom. The number of rotatable bonds is 3. The third-order valence-electron chi connectivity index (χ3n) is 5.78. The molecule has 2 aliphatic rings. The molecule has 0 unspecified atom stereocenters. The van der Waals surface area contributed by atoms with Crippen LogP contribution in [-0.4, -0.2) is 32.3 Å². The fraction of sp³-hybridized carbons (Fsp3) is 0.286. The molecule has 6 nitrogen and oxygen atoms in total. The zero-order chi connectivity index (χ0) is 19.2. The molecule has 1 aliphatic carbocycles. The summed E-state index contributed by atoms with van der Waals surface area (Å²) in [7, 11) is 2.55. The number of nitriles is 1. The minimum Gasteiger partial charge on any atom is -0.468 e. The number of esters is 1. The lowest BCUT2D eigenvalue weighted by molar-refractivity contribution is -0.145. The maximum Gasteiger partial charge on any atom is 0.414 e. The monoisotopic (exact) mass is 362 g/mol. The van der Waals surface area contributed by atoms with Crippen LogP contribution in [0, 0.1) is 16.7 Å². The van der Waals surface area contributed by atoms with Gasteiger partial charge in [0.25, 0.3) is 0 Å². The first kappa shape index (κ1) is 17.1. The second kappa shape index (κ2) is 5.85. The van der Waals surface area contributed by atoms with Crippen molar-refractivity contribution in [2.24, 2.45) is 5.41 Å². The summed E-state index contributed by atoms with van der Waals surface area (Å²) in [5, 5.41) is 10.1. The summed E-state index contributed by atoms with van der Waals surface area (Å²) in [5.74, 6) is -0.630. The molecule has 0 radical (unpaired) electrons. The van der Waals surface area contributed by atoms with Gasteiger partial charge in [-0.15, -0.1) is 0 Å². The Labute approximate surface area is 156 Å². The van der Waals surface area contributed by atoms with Gasteiger partial charge in [0, 0.05) is 0 Å². The van der Waals surface area contributed by atoms with Crippen LogP contribution in [0.5, 0.6) is 0 Å². The van der Waals surface area contributed by atoms with Crippen LogP contribution in [0.25, 0.3) is 0 Å². The predicted octanol–water partition coefficient (Wildman–Crippen LogP) is 2.82. The molecule has 0 aromatic heterocycles. The first-order valence-electron chi connectivity index (χ1n) is 8.58. The van der Waals surface area contributed by atoms with E-state index in [0.29, 0.717) is 12.1 Å². The molecule has 4 rings (SSSR count). The number of ether oxygens (including phenoxy) is 2. The van der Waals surface area contributed by atoms with Gasteiger partial charge in [0.1, 0.15) is 0 Å². The molecule has 0 saturated heterocycles. The Hall–Kier alpha value is -3.33. The summed E-state index contributed by atoms with van der Waals surface area (Å²) in [4.78, 5) is 26.8. The standard InChI is InChI=1S/C21H18N2O4/c1-26-18(24)21(13-22)17-20(21,12-14-8-4-3-5-9-14)15-10-6-7-11-16(15)23(17)19(25)27-2/h3-11,17H,12H2,1-2H3/t17-,20+,21-/m1/s1. The Morgan fingerprint density at radius 1 is 1.07 bits per heavy atom. The number of methoxy groups -OCH3 is 2. The number of fused-ring (bicyclic) bond motifs is 3. The van der Waals surface area contributed by atoms with Crippen LogP contribution in [0.15, 0.2) is 54.6 Å². The lowest BCUT2D eigenvalue weighted by Gasteiger charge is -2.24. The summed E-state index contributed by atoms with van der Waals surface area (Å²) in [6.45, 7) is 0. The number of para-hydroxylation sites is 1. The smallest absolute Gasteiger partial charge is 0.414 e. The van der Waals surface area contributed by atoms with Crippen LogP contribution in [0.1, 0.15) is 11.1 Å². The second-order valence-corrected chi connectivity index (χ2v) is 6.80. The van der Waals surface area contributed by atoms with Crippen LogP contribution >= 0.6 is 0 Å². The fourth-order valence-corrected chi connectivity index (χ4v) is 4.70. The fourth-order valence-electron chi connectivity index (χ4n) is 4.70. The van der Waals surface area contributed by atoms with Gasteiger partial charge in [-0.05, 0) is 23.6 Å². The summed E-state index contributed by atoms with van der Waals surface area (Å²) in [6, 6.07) is 18.5. The number of carbonyl (C=O) groups is 2. The highest BCUT2D eigenvalue weighted by molar-refractivity contribution is 6.03. The van der Waals surface area contributed by atoms with Crippen molar-refractivity contribution in [2.45, 2.75) is 17.9 Å². The largest absolute Gasteiger partial charge is 0.468 e. The van der Waals surface area contributed by atoms with Crippen LogP contribution < -0.4 is 4.90 Å². The molecule has 1 heterocycles. The molecule has 3 atom stereocenters. The Morgan fingerprint density at radius 3 is 2.37 bits per heavy atom. The molecule has 0 bridgehead atoms. The zero-order valence-electron chi connectivity index (χ0n) is 15.0. The molecule has 136 valence electrons. The van der Waals surface area contributed by atoms with Crippen LogP contribution in [0.3, 0.4) is 0 Å². The highest BCUT2D eigenvalue weighted by atomic mass is 16.5. The van der Waals surface area contributed by atoms with Crippen LogP contribution in [-0.2, 0) is 26.1 Å². The van der Waals surface area contributed by atoms with Crippen LogP contribution in [0.2, 0.25) is 0 Å². The SMILES string of the molecule is COC(=O)N1c2ccccc2[C@@]2(Cc3ccccc3)[C@@H]1[C@]2(C#N)C(=O)OC. The van der Waals surface area contributed by atoms with E-state index in [1.807, 2.05) is 54.6 Å². The summed E-state index contributed by atoms with van der Waals surface area (Å²) in [6.07, 6.45) is -0.158. The molecular weight excluding hydrogens is 344 g/mol. The van der Waals surface area contributed by atoms with Crippen molar-refractivity contribution < 1.29 is 19.1 Å². The first-order chi connectivity index (χ1) is 13.1. The topological polar surface area (TPSA) is 79.6 Å². The molecule has 1 aliphatic heterocycles. The Bertz CT molecular complexity index is 968. The zero-order valence-corrected chi connectivity index (χ0v) is 15.0. The van der Waals surface area contributed by atoms with Gasteiger partial charge in [-0.2, -0.15) is 5.26 Å². The number of amides is 1. The average molecular weight is 362 g/mol. The second-order valence-electron chi connectivity index (χ2n) is 6.80. The van der Waals surface area contributed by atoms with E-state index in [4.69, 9.17) is 9.47 Å². The van der Waals surface area contributed by atoms with E-state index in [9.17, 15) is 14.9 Å².